The van der Waals surface area contributed by atoms with Crippen LogP contribution < -0.4 is 5.73 Å². The molecule has 2 rings (SSSR count). The van der Waals surface area contributed by atoms with Gasteiger partial charge in [-0.2, -0.15) is 8.42 Å². The van der Waals surface area contributed by atoms with E-state index in [4.69, 9.17) is 10.3 Å². The lowest BCUT2D eigenvalue weighted by molar-refractivity contribution is 0.490. The van der Waals surface area contributed by atoms with Crippen molar-refractivity contribution in [1.29, 1.82) is 0 Å². The molecule has 84 valence electrons. The minimum atomic E-state index is -3.67. The Balaban J connectivity index is 0.000000195. The normalized spacial score (nSPS) is 19.0. The molecule has 0 aliphatic heterocycles. The van der Waals surface area contributed by atoms with Gasteiger partial charge in [0, 0.05) is 6.04 Å². The smallest absolute Gasteiger partial charge is 0.261 e. The Morgan fingerprint density at radius 2 is 1.93 bits per heavy atom. The van der Waals surface area contributed by atoms with Gasteiger partial charge in [0.05, 0.1) is 6.26 Å². The van der Waals surface area contributed by atoms with Crippen LogP contribution in [0.2, 0.25) is 0 Å². The first-order valence-corrected chi connectivity index (χ1v) is 6.48. The maximum Gasteiger partial charge on any atom is 0.261 e. The number of hydrogen-bond acceptors (Lipinski definition) is 3. The number of hydrogen-bond donors (Lipinski definition) is 2. The SMILES string of the molecule is CS(=O)(=O)O.N[C@@H]1CCc2ccccc21. The molecule has 1 atom stereocenters. The van der Waals surface area contributed by atoms with Gasteiger partial charge in [-0.25, -0.2) is 0 Å². The second kappa shape index (κ2) is 4.74. The summed E-state index contributed by atoms with van der Waals surface area (Å²) in [5, 5.41) is 0. The Morgan fingerprint density at radius 1 is 1.40 bits per heavy atom. The molecule has 1 aliphatic carbocycles. The molecule has 0 saturated heterocycles. The standard InChI is InChI=1S/C9H11N.CH4O3S/c10-9-6-5-7-3-1-2-4-8(7)9;1-5(2,3)4/h1-4,9H,5-6,10H2;1H3,(H,2,3,4)/t9-;/m1./s1. The fourth-order valence-electron chi connectivity index (χ4n) is 1.59. The van der Waals surface area contributed by atoms with Crippen LogP contribution in [-0.2, 0) is 16.5 Å². The summed E-state index contributed by atoms with van der Waals surface area (Å²) in [5.74, 6) is 0. The second-order valence-electron chi connectivity index (χ2n) is 3.58. The highest BCUT2D eigenvalue weighted by Crippen LogP contribution is 2.28. The summed E-state index contributed by atoms with van der Waals surface area (Å²) in [6, 6.07) is 8.74. The molecular weight excluding hydrogens is 214 g/mol. The summed E-state index contributed by atoms with van der Waals surface area (Å²) in [5.41, 5.74) is 8.64. The average Bonchev–Trinajstić information content (AvgIpc) is 2.46. The third-order valence-corrected chi connectivity index (χ3v) is 2.18. The largest absolute Gasteiger partial charge is 0.324 e. The lowest BCUT2D eigenvalue weighted by atomic mass is 10.1. The maximum absolute atomic E-state index is 9.19. The monoisotopic (exact) mass is 229 g/mol. The molecule has 0 fully saturated rings. The molecule has 3 N–H and O–H groups in total. The van der Waals surface area contributed by atoms with Crippen LogP contribution in [0.25, 0.3) is 0 Å². The number of fused-ring (bicyclic) bond motifs is 1. The minimum Gasteiger partial charge on any atom is -0.324 e. The second-order valence-corrected chi connectivity index (χ2v) is 5.04. The van der Waals surface area contributed by atoms with Crippen molar-refractivity contribution in [3.8, 4) is 0 Å². The van der Waals surface area contributed by atoms with Crippen LogP contribution in [0.3, 0.4) is 0 Å². The van der Waals surface area contributed by atoms with Crippen molar-refractivity contribution < 1.29 is 13.0 Å². The molecule has 1 aromatic carbocycles. The van der Waals surface area contributed by atoms with Gasteiger partial charge < -0.3 is 5.73 Å². The van der Waals surface area contributed by atoms with E-state index in [-0.39, 0.29) is 0 Å². The summed E-state index contributed by atoms with van der Waals surface area (Å²) in [6.07, 6.45) is 3.00. The number of benzene rings is 1. The average molecular weight is 229 g/mol. The summed E-state index contributed by atoms with van der Waals surface area (Å²) in [6.45, 7) is 0. The first-order chi connectivity index (χ1) is 6.88. The molecule has 4 nitrogen and oxygen atoms in total. The first-order valence-electron chi connectivity index (χ1n) is 4.64. The zero-order chi connectivity index (χ0) is 11.5. The van der Waals surface area contributed by atoms with Gasteiger partial charge in [0.15, 0.2) is 0 Å². The van der Waals surface area contributed by atoms with E-state index in [1.54, 1.807) is 0 Å². The Kier molecular flexibility index (Phi) is 3.84. The summed E-state index contributed by atoms with van der Waals surface area (Å²) < 4.78 is 25.9. The number of nitrogens with two attached hydrogens (primary N) is 1. The third-order valence-electron chi connectivity index (χ3n) is 2.18. The van der Waals surface area contributed by atoms with E-state index in [0.29, 0.717) is 12.3 Å². The lowest BCUT2D eigenvalue weighted by Gasteiger charge is -2.01. The van der Waals surface area contributed by atoms with Crippen molar-refractivity contribution in [3.05, 3.63) is 35.4 Å². The van der Waals surface area contributed by atoms with Crippen LogP contribution in [0.4, 0.5) is 0 Å². The molecule has 0 spiro atoms. The number of aryl methyl sites for hydroxylation is 1. The Hall–Kier alpha value is -0.910. The van der Waals surface area contributed by atoms with Crippen molar-refractivity contribution in [2.24, 2.45) is 5.73 Å². The summed E-state index contributed by atoms with van der Waals surface area (Å²) in [4.78, 5) is 0. The van der Waals surface area contributed by atoms with Crippen LogP contribution in [-0.4, -0.2) is 19.2 Å². The Morgan fingerprint density at radius 3 is 2.47 bits per heavy atom. The minimum absolute atomic E-state index is 0.302. The molecule has 0 saturated carbocycles. The van der Waals surface area contributed by atoms with Gasteiger partial charge in [0.2, 0.25) is 0 Å². The highest BCUT2D eigenvalue weighted by atomic mass is 32.2. The van der Waals surface area contributed by atoms with E-state index < -0.39 is 10.1 Å². The summed E-state index contributed by atoms with van der Waals surface area (Å²) >= 11 is 0. The Bertz CT molecular complexity index is 420. The van der Waals surface area contributed by atoms with Crippen molar-refractivity contribution in [2.45, 2.75) is 18.9 Å². The van der Waals surface area contributed by atoms with Crippen molar-refractivity contribution >= 4 is 10.1 Å². The van der Waals surface area contributed by atoms with E-state index in [1.165, 1.54) is 11.1 Å². The maximum atomic E-state index is 9.19. The van der Waals surface area contributed by atoms with Gasteiger partial charge in [-0.05, 0) is 24.0 Å². The van der Waals surface area contributed by atoms with E-state index in [0.717, 1.165) is 12.8 Å². The van der Waals surface area contributed by atoms with E-state index in [2.05, 4.69) is 24.3 Å². The molecule has 0 bridgehead atoms. The Labute approximate surface area is 89.9 Å². The molecule has 1 aromatic rings. The van der Waals surface area contributed by atoms with Crippen LogP contribution in [0.15, 0.2) is 24.3 Å². The quantitative estimate of drug-likeness (QED) is 0.654. The predicted molar refractivity (Wildman–Crippen MR) is 59.2 cm³/mol. The molecule has 0 unspecified atom stereocenters. The fourth-order valence-corrected chi connectivity index (χ4v) is 1.59. The lowest BCUT2D eigenvalue weighted by Crippen LogP contribution is -2.04. The molecule has 0 radical (unpaired) electrons. The van der Waals surface area contributed by atoms with Crippen LogP contribution in [0, 0.1) is 0 Å². The summed E-state index contributed by atoms with van der Waals surface area (Å²) in [7, 11) is -3.67. The van der Waals surface area contributed by atoms with Crippen LogP contribution >= 0.6 is 0 Å². The van der Waals surface area contributed by atoms with E-state index in [1.807, 2.05) is 0 Å². The molecule has 0 heterocycles. The molecule has 0 aromatic heterocycles. The van der Waals surface area contributed by atoms with E-state index >= 15 is 0 Å². The fraction of sp³-hybridized carbons (Fsp3) is 0.400. The van der Waals surface area contributed by atoms with Gasteiger partial charge in [-0.3, -0.25) is 4.55 Å². The molecule has 5 heteroatoms. The zero-order valence-electron chi connectivity index (χ0n) is 8.55. The van der Waals surface area contributed by atoms with Gasteiger partial charge in [-0.1, -0.05) is 24.3 Å². The topological polar surface area (TPSA) is 80.4 Å². The third kappa shape index (κ3) is 4.42. The van der Waals surface area contributed by atoms with Crippen molar-refractivity contribution in [3.63, 3.8) is 0 Å². The first kappa shape index (κ1) is 12.2. The van der Waals surface area contributed by atoms with Gasteiger partial charge >= 0.3 is 0 Å². The van der Waals surface area contributed by atoms with Gasteiger partial charge in [0.25, 0.3) is 10.1 Å². The van der Waals surface area contributed by atoms with Gasteiger partial charge in [-0.15, -0.1) is 0 Å². The van der Waals surface area contributed by atoms with Crippen LogP contribution in [0.5, 0.6) is 0 Å². The highest BCUT2D eigenvalue weighted by Gasteiger charge is 2.16. The van der Waals surface area contributed by atoms with E-state index in [9.17, 15) is 8.42 Å². The molecule has 1 aliphatic rings. The molecular formula is C10H15NO3S. The van der Waals surface area contributed by atoms with Crippen LogP contribution in [0.1, 0.15) is 23.6 Å². The zero-order valence-corrected chi connectivity index (χ0v) is 9.37. The molecule has 0 amide bonds. The predicted octanol–water partition coefficient (Wildman–Crippen LogP) is 1.14. The van der Waals surface area contributed by atoms with Gasteiger partial charge in [0.1, 0.15) is 0 Å². The van der Waals surface area contributed by atoms with Crippen molar-refractivity contribution in [1.82, 2.24) is 0 Å². The highest BCUT2D eigenvalue weighted by molar-refractivity contribution is 7.85. The molecule has 15 heavy (non-hydrogen) atoms. The number of rotatable bonds is 0. The van der Waals surface area contributed by atoms with Crippen molar-refractivity contribution in [2.75, 3.05) is 6.26 Å².